The van der Waals surface area contributed by atoms with Crippen LogP contribution in [-0.4, -0.2) is 34.0 Å². The normalized spacial score (nSPS) is 13.1. The van der Waals surface area contributed by atoms with Gasteiger partial charge in [0.2, 0.25) is 0 Å². The van der Waals surface area contributed by atoms with E-state index in [1.54, 1.807) is 10.4 Å². The zero-order valence-electron chi connectivity index (χ0n) is 8.30. The van der Waals surface area contributed by atoms with Gasteiger partial charge < -0.3 is 5.11 Å². The molecule has 0 amide bonds. The molecule has 1 heterocycles. The SMILES string of the molecule is CCC(C(=O)O)N(C)Cc1cscn1. The Morgan fingerprint density at radius 3 is 2.93 bits per heavy atom. The minimum absolute atomic E-state index is 0.420. The molecular formula is C9H14N2O2S. The van der Waals surface area contributed by atoms with Crippen LogP contribution in [0.25, 0.3) is 0 Å². The van der Waals surface area contributed by atoms with Crippen molar-refractivity contribution < 1.29 is 9.90 Å². The number of aliphatic carboxylic acids is 1. The molecule has 0 bridgehead atoms. The Morgan fingerprint density at radius 1 is 1.79 bits per heavy atom. The van der Waals surface area contributed by atoms with Crippen LogP contribution in [0.2, 0.25) is 0 Å². The summed E-state index contributed by atoms with van der Waals surface area (Å²) in [7, 11) is 1.81. The molecule has 78 valence electrons. The third-order valence-corrected chi connectivity index (χ3v) is 2.73. The van der Waals surface area contributed by atoms with E-state index in [9.17, 15) is 4.79 Å². The van der Waals surface area contributed by atoms with Crippen LogP contribution in [0.4, 0.5) is 0 Å². The summed E-state index contributed by atoms with van der Waals surface area (Å²) in [5, 5.41) is 10.8. The summed E-state index contributed by atoms with van der Waals surface area (Å²) in [5.74, 6) is -0.773. The van der Waals surface area contributed by atoms with Crippen LogP contribution in [0.15, 0.2) is 10.9 Å². The van der Waals surface area contributed by atoms with Gasteiger partial charge in [0.1, 0.15) is 6.04 Å². The van der Waals surface area contributed by atoms with Crippen LogP contribution in [0.1, 0.15) is 19.0 Å². The molecule has 4 nitrogen and oxygen atoms in total. The fraction of sp³-hybridized carbons (Fsp3) is 0.556. The second-order valence-electron chi connectivity index (χ2n) is 3.16. The van der Waals surface area contributed by atoms with E-state index in [-0.39, 0.29) is 0 Å². The average molecular weight is 214 g/mol. The molecule has 1 aromatic rings. The Morgan fingerprint density at radius 2 is 2.50 bits per heavy atom. The van der Waals surface area contributed by atoms with Gasteiger partial charge in [-0.3, -0.25) is 9.69 Å². The Bertz CT molecular complexity index is 287. The maximum atomic E-state index is 10.8. The lowest BCUT2D eigenvalue weighted by molar-refractivity contribution is -0.143. The monoisotopic (exact) mass is 214 g/mol. The third-order valence-electron chi connectivity index (χ3n) is 2.10. The number of thiazole rings is 1. The highest BCUT2D eigenvalue weighted by Gasteiger charge is 2.20. The number of rotatable bonds is 5. The summed E-state index contributed by atoms with van der Waals surface area (Å²) in [6.07, 6.45) is 0.607. The smallest absolute Gasteiger partial charge is 0.320 e. The first kappa shape index (κ1) is 11.1. The van der Waals surface area contributed by atoms with E-state index in [4.69, 9.17) is 5.11 Å². The molecule has 1 atom stereocenters. The van der Waals surface area contributed by atoms with Crippen LogP contribution in [0.5, 0.6) is 0 Å². The molecule has 1 aromatic heterocycles. The zero-order chi connectivity index (χ0) is 10.6. The average Bonchev–Trinajstić information content (AvgIpc) is 2.57. The van der Waals surface area contributed by atoms with Gasteiger partial charge in [0, 0.05) is 11.9 Å². The van der Waals surface area contributed by atoms with Crippen LogP contribution < -0.4 is 0 Å². The Balaban J connectivity index is 2.56. The number of carbonyl (C=O) groups is 1. The highest BCUT2D eigenvalue weighted by Crippen LogP contribution is 2.09. The van der Waals surface area contributed by atoms with Crippen molar-refractivity contribution in [1.29, 1.82) is 0 Å². The molecule has 14 heavy (non-hydrogen) atoms. The van der Waals surface area contributed by atoms with E-state index in [1.165, 1.54) is 11.3 Å². The first-order valence-corrected chi connectivity index (χ1v) is 5.39. The number of likely N-dealkylation sites (N-methyl/N-ethyl adjacent to an activating group) is 1. The lowest BCUT2D eigenvalue weighted by atomic mass is 10.2. The van der Waals surface area contributed by atoms with Gasteiger partial charge in [0.15, 0.2) is 0 Å². The lowest BCUT2D eigenvalue weighted by Gasteiger charge is -2.22. The van der Waals surface area contributed by atoms with Gasteiger partial charge in [-0.25, -0.2) is 4.98 Å². The van der Waals surface area contributed by atoms with Crippen LogP contribution >= 0.6 is 11.3 Å². The molecule has 0 spiro atoms. The highest BCUT2D eigenvalue weighted by molar-refractivity contribution is 7.07. The molecule has 0 aliphatic heterocycles. The molecule has 1 N–H and O–H groups in total. The number of hydrogen-bond acceptors (Lipinski definition) is 4. The lowest BCUT2D eigenvalue weighted by Crippen LogP contribution is -2.37. The molecule has 0 aromatic carbocycles. The number of hydrogen-bond donors (Lipinski definition) is 1. The number of nitrogens with zero attached hydrogens (tertiary/aromatic N) is 2. The van der Waals surface area contributed by atoms with Crippen molar-refractivity contribution in [3.8, 4) is 0 Å². The predicted octanol–water partition coefficient (Wildman–Crippen LogP) is 1.44. The van der Waals surface area contributed by atoms with Crippen LogP contribution in [0, 0.1) is 0 Å². The minimum Gasteiger partial charge on any atom is -0.480 e. The predicted molar refractivity (Wildman–Crippen MR) is 55.3 cm³/mol. The topological polar surface area (TPSA) is 53.4 Å². The second kappa shape index (κ2) is 5.07. The van der Waals surface area contributed by atoms with Gasteiger partial charge in [-0.15, -0.1) is 11.3 Å². The highest BCUT2D eigenvalue weighted by atomic mass is 32.1. The van der Waals surface area contributed by atoms with Crippen molar-refractivity contribution in [2.45, 2.75) is 25.9 Å². The maximum absolute atomic E-state index is 10.8. The second-order valence-corrected chi connectivity index (χ2v) is 3.88. The molecule has 0 saturated heterocycles. The van der Waals surface area contributed by atoms with Gasteiger partial charge in [-0.1, -0.05) is 6.92 Å². The quantitative estimate of drug-likeness (QED) is 0.805. The first-order chi connectivity index (χ1) is 6.65. The maximum Gasteiger partial charge on any atom is 0.320 e. The van der Waals surface area contributed by atoms with Gasteiger partial charge >= 0.3 is 5.97 Å². The van der Waals surface area contributed by atoms with Crippen molar-refractivity contribution in [3.63, 3.8) is 0 Å². The fourth-order valence-electron chi connectivity index (χ4n) is 1.36. The van der Waals surface area contributed by atoms with Crippen molar-refractivity contribution in [3.05, 3.63) is 16.6 Å². The molecule has 0 radical (unpaired) electrons. The number of carboxylic acids is 1. The first-order valence-electron chi connectivity index (χ1n) is 4.45. The Labute approximate surface area is 87.2 Å². The van der Waals surface area contributed by atoms with E-state index in [1.807, 2.05) is 19.4 Å². The number of aromatic nitrogens is 1. The van der Waals surface area contributed by atoms with Crippen molar-refractivity contribution in [2.24, 2.45) is 0 Å². The van der Waals surface area contributed by atoms with E-state index in [2.05, 4.69) is 4.98 Å². The van der Waals surface area contributed by atoms with E-state index >= 15 is 0 Å². The molecular weight excluding hydrogens is 200 g/mol. The Hall–Kier alpha value is -0.940. The van der Waals surface area contributed by atoms with Gasteiger partial charge in [0.05, 0.1) is 11.2 Å². The molecule has 0 saturated carbocycles. The molecule has 5 heteroatoms. The molecule has 1 rings (SSSR count). The summed E-state index contributed by atoms with van der Waals surface area (Å²) < 4.78 is 0. The van der Waals surface area contributed by atoms with Gasteiger partial charge in [-0.2, -0.15) is 0 Å². The third kappa shape index (κ3) is 2.78. The molecule has 0 aliphatic carbocycles. The largest absolute Gasteiger partial charge is 0.480 e. The minimum atomic E-state index is -0.773. The fourth-order valence-corrected chi connectivity index (χ4v) is 1.91. The van der Waals surface area contributed by atoms with E-state index in [0.717, 1.165) is 5.69 Å². The van der Waals surface area contributed by atoms with Crippen molar-refractivity contribution in [1.82, 2.24) is 9.88 Å². The van der Waals surface area contributed by atoms with Crippen LogP contribution in [-0.2, 0) is 11.3 Å². The van der Waals surface area contributed by atoms with Crippen LogP contribution in [0.3, 0.4) is 0 Å². The Kier molecular flexibility index (Phi) is 4.03. The van der Waals surface area contributed by atoms with Crippen molar-refractivity contribution >= 4 is 17.3 Å². The zero-order valence-corrected chi connectivity index (χ0v) is 9.12. The summed E-state index contributed by atoms with van der Waals surface area (Å²) in [5.41, 5.74) is 2.68. The standard InChI is InChI=1S/C9H14N2O2S/c1-3-8(9(12)13)11(2)4-7-5-14-6-10-7/h5-6,8H,3-4H2,1-2H3,(H,12,13). The molecule has 1 unspecified atom stereocenters. The van der Waals surface area contributed by atoms with E-state index in [0.29, 0.717) is 13.0 Å². The van der Waals surface area contributed by atoms with Gasteiger partial charge in [0.25, 0.3) is 0 Å². The van der Waals surface area contributed by atoms with E-state index < -0.39 is 12.0 Å². The molecule has 0 fully saturated rings. The van der Waals surface area contributed by atoms with Crippen molar-refractivity contribution in [2.75, 3.05) is 7.05 Å². The summed E-state index contributed by atoms with van der Waals surface area (Å²) in [6.45, 7) is 2.46. The molecule has 0 aliphatic rings. The summed E-state index contributed by atoms with van der Waals surface area (Å²) in [4.78, 5) is 16.8. The van der Waals surface area contributed by atoms with Gasteiger partial charge in [-0.05, 0) is 13.5 Å². The number of carboxylic acid groups (broad SMARTS) is 1. The summed E-state index contributed by atoms with van der Waals surface area (Å²) in [6, 6.07) is -0.420. The summed E-state index contributed by atoms with van der Waals surface area (Å²) >= 11 is 1.52.